The van der Waals surface area contributed by atoms with Crippen LogP contribution in [0.3, 0.4) is 0 Å². The molecule has 0 bridgehead atoms. The number of rotatable bonds is 12. The summed E-state index contributed by atoms with van der Waals surface area (Å²) in [5.74, 6) is 0. The summed E-state index contributed by atoms with van der Waals surface area (Å²) in [6.07, 6.45) is 10.2. The Hall–Kier alpha value is -1.80. The number of aliphatic hydroxyl groups excluding tert-OH is 1. The third-order valence-electron chi connectivity index (χ3n) is 4.66. The zero-order chi connectivity index (χ0) is 17.7. The van der Waals surface area contributed by atoms with E-state index in [-0.39, 0.29) is 6.10 Å². The van der Waals surface area contributed by atoms with Gasteiger partial charge in [-0.15, -0.1) is 0 Å². The summed E-state index contributed by atoms with van der Waals surface area (Å²) in [5, 5.41) is 13.5. The molecule has 1 atom stereocenters. The topological polar surface area (TPSA) is 32.3 Å². The van der Waals surface area contributed by atoms with E-state index in [0.29, 0.717) is 0 Å². The molecule has 0 radical (unpaired) electrons. The van der Waals surface area contributed by atoms with Crippen molar-refractivity contribution in [3.05, 3.63) is 60.2 Å². The van der Waals surface area contributed by atoms with E-state index < -0.39 is 0 Å². The highest BCUT2D eigenvalue weighted by Crippen LogP contribution is 2.18. The third-order valence-corrected chi connectivity index (χ3v) is 4.66. The average Bonchev–Trinajstić information content (AvgIpc) is 2.64. The van der Waals surface area contributed by atoms with Crippen molar-refractivity contribution in [3.63, 3.8) is 0 Å². The van der Waals surface area contributed by atoms with Gasteiger partial charge in [-0.2, -0.15) is 0 Å². The van der Waals surface area contributed by atoms with Gasteiger partial charge in [-0.05, 0) is 55.5 Å². The molecular formula is C23H33NO. The summed E-state index contributed by atoms with van der Waals surface area (Å²) in [7, 11) is 0. The van der Waals surface area contributed by atoms with E-state index in [9.17, 15) is 5.11 Å². The molecule has 2 aromatic carbocycles. The summed E-state index contributed by atoms with van der Waals surface area (Å²) in [6.45, 7) is 2.24. The molecular weight excluding hydrogens is 306 g/mol. The van der Waals surface area contributed by atoms with Gasteiger partial charge < -0.3 is 10.4 Å². The highest BCUT2D eigenvalue weighted by atomic mass is 16.3. The van der Waals surface area contributed by atoms with E-state index >= 15 is 0 Å². The molecule has 2 rings (SSSR count). The number of nitrogens with one attached hydrogen (secondary N) is 1. The van der Waals surface area contributed by atoms with E-state index in [0.717, 1.165) is 37.1 Å². The number of benzene rings is 2. The molecule has 0 amide bonds. The minimum Gasteiger partial charge on any atom is -0.393 e. The summed E-state index contributed by atoms with van der Waals surface area (Å²) in [6, 6.07) is 18.9. The first kappa shape index (κ1) is 19.5. The van der Waals surface area contributed by atoms with E-state index in [2.05, 4.69) is 48.6 Å². The van der Waals surface area contributed by atoms with Crippen LogP contribution in [0.25, 0.3) is 0 Å². The van der Waals surface area contributed by atoms with Gasteiger partial charge in [0.1, 0.15) is 0 Å². The normalized spacial score (nSPS) is 12.1. The first-order chi connectivity index (χ1) is 12.3. The van der Waals surface area contributed by atoms with Gasteiger partial charge in [0.15, 0.2) is 0 Å². The molecule has 1 unspecified atom stereocenters. The Kier molecular flexibility index (Phi) is 9.14. The smallest absolute Gasteiger partial charge is 0.0540 e. The average molecular weight is 340 g/mol. The summed E-state index contributed by atoms with van der Waals surface area (Å²) in [5.41, 5.74) is 3.56. The van der Waals surface area contributed by atoms with Crippen molar-refractivity contribution in [2.45, 2.75) is 70.8 Å². The quantitative estimate of drug-likeness (QED) is 0.434. The zero-order valence-corrected chi connectivity index (χ0v) is 15.6. The number of hydrogen-bond acceptors (Lipinski definition) is 2. The van der Waals surface area contributed by atoms with Crippen molar-refractivity contribution in [2.75, 3.05) is 5.32 Å². The Morgan fingerprint density at radius 1 is 0.760 bits per heavy atom. The second-order valence-corrected chi connectivity index (χ2v) is 6.94. The van der Waals surface area contributed by atoms with Gasteiger partial charge in [-0.1, -0.05) is 69.4 Å². The Labute approximate surface area is 153 Å². The maximum absolute atomic E-state index is 10.1. The van der Waals surface area contributed by atoms with E-state index in [1.807, 2.05) is 18.2 Å². The number of anilines is 2. The van der Waals surface area contributed by atoms with Crippen LogP contribution in [-0.4, -0.2) is 11.2 Å². The van der Waals surface area contributed by atoms with Crippen molar-refractivity contribution in [1.29, 1.82) is 0 Å². The second kappa shape index (κ2) is 11.7. The highest BCUT2D eigenvalue weighted by Gasteiger charge is 2.04. The molecule has 0 aromatic heterocycles. The maximum atomic E-state index is 10.1. The lowest BCUT2D eigenvalue weighted by Crippen LogP contribution is -2.06. The largest absolute Gasteiger partial charge is 0.393 e. The van der Waals surface area contributed by atoms with Crippen LogP contribution in [0.4, 0.5) is 11.4 Å². The lowest BCUT2D eigenvalue weighted by Gasteiger charge is -2.11. The standard InChI is InChI=1S/C23H33NO/c1-2-3-4-5-9-14-23(25)15-10-11-20-16-18-22(19-17-20)24-21-12-7-6-8-13-21/h6-8,12-13,16-19,23-25H,2-5,9-11,14-15H2,1H3. The van der Waals surface area contributed by atoms with Gasteiger partial charge >= 0.3 is 0 Å². The highest BCUT2D eigenvalue weighted by molar-refractivity contribution is 5.59. The van der Waals surface area contributed by atoms with Crippen molar-refractivity contribution in [3.8, 4) is 0 Å². The summed E-state index contributed by atoms with van der Waals surface area (Å²) < 4.78 is 0. The number of hydrogen-bond donors (Lipinski definition) is 2. The van der Waals surface area contributed by atoms with Gasteiger partial charge in [-0.25, -0.2) is 0 Å². The Balaban J connectivity index is 1.62. The van der Waals surface area contributed by atoms with E-state index in [1.165, 1.54) is 37.7 Å². The first-order valence-corrected chi connectivity index (χ1v) is 9.87. The molecule has 136 valence electrons. The van der Waals surface area contributed by atoms with Gasteiger partial charge in [0.05, 0.1) is 6.10 Å². The molecule has 0 saturated heterocycles. The van der Waals surface area contributed by atoms with Crippen LogP contribution in [0.5, 0.6) is 0 Å². The molecule has 0 fully saturated rings. The van der Waals surface area contributed by atoms with Gasteiger partial charge in [0.2, 0.25) is 0 Å². The van der Waals surface area contributed by atoms with E-state index in [4.69, 9.17) is 0 Å². The predicted molar refractivity (Wildman–Crippen MR) is 108 cm³/mol. The minimum absolute atomic E-state index is 0.124. The number of aliphatic hydroxyl groups is 1. The maximum Gasteiger partial charge on any atom is 0.0540 e. The van der Waals surface area contributed by atoms with Crippen LogP contribution in [0, 0.1) is 0 Å². The van der Waals surface area contributed by atoms with Crippen LogP contribution in [0.15, 0.2) is 54.6 Å². The molecule has 0 spiro atoms. The number of para-hydroxylation sites is 1. The van der Waals surface area contributed by atoms with Crippen LogP contribution in [-0.2, 0) is 6.42 Å². The van der Waals surface area contributed by atoms with Crippen molar-refractivity contribution < 1.29 is 5.11 Å². The number of unbranched alkanes of at least 4 members (excludes halogenated alkanes) is 4. The minimum atomic E-state index is -0.124. The third kappa shape index (κ3) is 8.22. The molecule has 2 nitrogen and oxygen atoms in total. The molecule has 0 saturated carbocycles. The second-order valence-electron chi connectivity index (χ2n) is 6.94. The molecule has 0 heterocycles. The van der Waals surface area contributed by atoms with Gasteiger partial charge in [-0.3, -0.25) is 0 Å². The molecule has 0 aliphatic heterocycles. The van der Waals surface area contributed by atoms with Crippen LogP contribution >= 0.6 is 0 Å². The van der Waals surface area contributed by atoms with Gasteiger partial charge in [0.25, 0.3) is 0 Å². The van der Waals surface area contributed by atoms with Crippen molar-refractivity contribution >= 4 is 11.4 Å². The first-order valence-electron chi connectivity index (χ1n) is 9.87. The molecule has 2 N–H and O–H groups in total. The monoisotopic (exact) mass is 339 g/mol. The predicted octanol–water partition coefficient (Wildman–Crippen LogP) is 6.47. The number of aryl methyl sites for hydroxylation is 1. The molecule has 2 aromatic rings. The van der Waals surface area contributed by atoms with Crippen molar-refractivity contribution in [1.82, 2.24) is 0 Å². The van der Waals surface area contributed by atoms with Gasteiger partial charge in [0, 0.05) is 11.4 Å². The lowest BCUT2D eigenvalue weighted by molar-refractivity contribution is 0.148. The fraction of sp³-hybridized carbons (Fsp3) is 0.478. The summed E-state index contributed by atoms with van der Waals surface area (Å²) in [4.78, 5) is 0. The Bertz CT molecular complexity index is 564. The molecule has 25 heavy (non-hydrogen) atoms. The van der Waals surface area contributed by atoms with E-state index in [1.54, 1.807) is 0 Å². The SMILES string of the molecule is CCCCCCCC(O)CCCc1ccc(Nc2ccccc2)cc1. The van der Waals surface area contributed by atoms with Crippen LogP contribution in [0.1, 0.15) is 63.9 Å². The lowest BCUT2D eigenvalue weighted by atomic mass is 10.0. The van der Waals surface area contributed by atoms with Crippen LogP contribution in [0.2, 0.25) is 0 Å². The molecule has 0 aliphatic carbocycles. The van der Waals surface area contributed by atoms with Crippen molar-refractivity contribution in [2.24, 2.45) is 0 Å². The fourth-order valence-electron chi connectivity index (χ4n) is 3.11. The fourth-order valence-corrected chi connectivity index (χ4v) is 3.11. The zero-order valence-electron chi connectivity index (χ0n) is 15.6. The Morgan fingerprint density at radius 3 is 2.12 bits per heavy atom. The van der Waals surface area contributed by atoms with Crippen LogP contribution < -0.4 is 5.32 Å². The molecule has 2 heteroatoms. The summed E-state index contributed by atoms with van der Waals surface area (Å²) >= 11 is 0. The molecule has 0 aliphatic rings. The Morgan fingerprint density at radius 2 is 1.40 bits per heavy atom.